The number of H-pyrrole nitrogens is 2. The normalized spacial score (nSPS) is 11.5. The van der Waals surface area contributed by atoms with Crippen molar-refractivity contribution in [2.75, 3.05) is 19.6 Å². The second-order valence-corrected chi connectivity index (χ2v) is 6.36. The maximum Gasteiger partial charge on any atom is 0.103 e. The summed E-state index contributed by atoms with van der Waals surface area (Å²) in [6, 6.07) is 0. The van der Waals surface area contributed by atoms with Gasteiger partial charge in [0.1, 0.15) is 11.6 Å². The molecule has 2 aromatic heterocycles. The highest BCUT2D eigenvalue weighted by Gasteiger charge is 2.06. The highest BCUT2D eigenvalue weighted by atomic mass is 15.1. The molecule has 5 nitrogen and oxygen atoms in total. The van der Waals surface area contributed by atoms with Crippen LogP contribution in [0.4, 0.5) is 0 Å². The molecular formula is C18H31N5. The van der Waals surface area contributed by atoms with Crippen molar-refractivity contribution in [1.82, 2.24) is 24.8 Å². The molecule has 2 rings (SSSR count). The van der Waals surface area contributed by atoms with Crippen molar-refractivity contribution >= 4 is 0 Å². The van der Waals surface area contributed by atoms with E-state index in [1.807, 2.05) is 26.2 Å². The molecule has 0 saturated carbocycles. The Morgan fingerprint density at radius 3 is 1.70 bits per heavy atom. The molecule has 0 fully saturated rings. The lowest BCUT2D eigenvalue weighted by atomic mass is 10.2. The van der Waals surface area contributed by atoms with Crippen LogP contribution in [0.2, 0.25) is 0 Å². The van der Waals surface area contributed by atoms with Crippen molar-refractivity contribution < 1.29 is 0 Å². The van der Waals surface area contributed by atoms with E-state index in [1.165, 1.54) is 43.6 Å². The summed E-state index contributed by atoms with van der Waals surface area (Å²) in [6.45, 7) is 9.80. The van der Waals surface area contributed by atoms with E-state index in [0.717, 1.165) is 37.6 Å². The van der Waals surface area contributed by atoms with Gasteiger partial charge in [-0.25, -0.2) is 9.97 Å². The summed E-state index contributed by atoms with van der Waals surface area (Å²) in [4.78, 5) is 17.9. The van der Waals surface area contributed by atoms with Crippen LogP contribution in [-0.4, -0.2) is 44.5 Å². The number of imidazole rings is 2. The summed E-state index contributed by atoms with van der Waals surface area (Å²) in [7, 11) is 0. The Bertz CT molecular complexity index is 511. The zero-order valence-electron chi connectivity index (χ0n) is 14.9. The van der Waals surface area contributed by atoms with Gasteiger partial charge in [0.05, 0.1) is 11.4 Å². The van der Waals surface area contributed by atoms with Crippen molar-refractivity contribution in [3.63, 3.8) is 0 Å². The van der Waals surface area contributed by atoms with Crippen LogP contribution in [0.5, 0.6) is 0 Å². The third kappa shape index (κ3) is 6.57. The number of hydrogen-bond donors (Lipinski definition) is 2. The summed E-state index contributed by atoms with van der Waals surface area (Å²) >= 11 is 0. The number of nitrogens with zero attached hydrogens (tertiary/aromatic N) is 3. The first-order valence-electron chi connectivity index (χ1n) is 8.91. The number of nitrogens with one attached hydrogen (secondary N) is 2. The number of hydrogen-bond acceptors (Lipinski definition) is 3. The molecule has 2 N–H and O–H groups in total. The maximum atomic E-state index is 4.49. The minimum Gasteiger partial charge on any atom is -0.349 e. The van der Waals surface area contributed by atoms with Crippen LogP contribution in [-0.2, 0) is 12.8 Å². The van der Waals surface area contributed by atoms with E-state index < -0.39 is 0 Å². The second kappa shape index (κ2) is 9.50. The molecule has 5 heteroatoms. The highest BCUT2D eigenvalue weighted by Crippen LogP contribution is 2.06. The SMILES string of the molecule is CCCCN(CCCc1c[nH]c(C)n1)CCCc1c[nH]c(C)n1. The predicted molar refractivity (Wildman–Crippen MR) is 94.6 cm³/mol. The molecule has 0 spiro atoms. The topological polar surface area (TPSA) is 60.6 Å². The monoisotopic (exact) mass is 317 g/mol. The molecular weight excluding hydrogens is 286 g/mol. The molecule has 0 saturated heterocycles. The average molecular weight is 317 g/mol. The minimum absolute atomic E-state index is 1.01. The van der Waals surface area contributed by atoms with E-state index in [2.05, 4.69) is 31.8 Å². The van der Waals surface area contributed by atoms with E-state index in [-0.39, 0.29) is 0 Å². The fourth-order valence-corrected chi connectivity index (χ4v) is 2.88. The Morgan fingerprint density at radius 2 is 1.30 bits per heavy atom. The van der Waals surface area contributed by atoms with Gasteiger partial charge in [-0.3, -0.25) is 0 Å². The first-order valence-corrected chi connectivity index (χ1v) is 8.91. The third-order valence-corrected chi connectivity index (χ3v) is 4.16. The average Bonchev–Trinajstić information content (AvgIpc) is 3.13. The van der Waals surface area contributed by atoms with Crippen LogP contribution in [0.1, 0.15) is 55.6 Å². The number of aryl methyl sites for hydroxylation is 4. The smallest absolute Gasteiger partial charge is 0.103 e. The quantitative estimate of drug-likeness (QED) is 0.667. The molecule has 2 aromatic rings. The molecule has 0 amide bonds. The summed E-state index contributed by atoms with van der Waals surface area (Å²) in [5, 5.41) is 0. The number of rotatable bonds is 11. The summed E-state index contributed by atoms with van der Waals surface area (Å²) in [5.74, 6) is 2.02. The van der Waals surface area contributed by atoms with Gasteiger partial charge in [-0.15, -0.1) is 0 Å². The van der Waals surface area contributed by atoms with E-state index in [1.54, 1.807) is 0 Å². The van der Waals surface area contributed by atoms with Gasteiger partial charge in [0.2, 0.25) is 0 Å². The largest absolute Gasteiger partial charge is 0.349 e. The first kappa shape index (κ1) is 17.7. The van der Waals surface area contributed by atoms with Crippen molar-refractivity contribution in [3.8, 4) is 0 Å². The predicted octanol–water partition coefficient (Wildman–Crippen LogP) is 3.42. The summed E-state index contributed by atoms with van der Waals surface area (Å²) < 4.78 is 0. The third-order valence-electron chi connectivity index (χ3n) is 4.16. The molecule has 0 aliphatic heterocycles. The molecule has 0 aliphatic carbocycles. The molecule has 0 atom stereocenters. The van der Waals surface area contributed by atoms with Crippen LogP contribution < -0.4 is 0 Å². The fourth-order valence-electron chi connectivity index (χ4n) is 2.88. The maximum absolute atomic E-state index is 4.49. The molecule has 0 aliphatic rings. The van der Waals surface area contributed by atoms with Crippen molar-refractivity contribution in [1.29, 1.82) is 0 Å². The van der Waals surface area contributed by atoms with E-state index in [4.69, 9.17) is 0 Å². The van der Waals surface area contributed by atoms with Crippen LogP contribution in [0.3, 0.4) is 0 Å². The van der Waals surface area contributed by atoms with Gasteiger partial charge in [0.15, 0.2) is 0 Å². The molecule has 0 radical (unpaired) electrons. The molecule has 128 valence electrons. The van der Waals surface area contributed by atoms with E-state index in [9.17, 15) is 0 Å². The van der Waals surface area contributed by atoms with Gasteiger partial charge in [-0.2, -0.15) is 0 Å². The summed E-state index contributed by atoms with van der Waals surface area (Å²) in [5.41, 5.74) is 2.37. The van der Waals surface area contributed by atoms with Gasteiger partial charge in [-0.05, 0) is 65.6 Å². The van der Waals surface area contributed by atoms with Gasteiger partial charge < -0.3 is 14.9 Å². The molecule has 23 heavy (non-hydrogen) atoms. The molecule has 0 aromatic carbocycles. The highest BCUT2D eigenvalue weighted by molar-refractivity contribution is 5.00. The Balaban J connectivity index is 1.69. The zero-order valence-corrected chi connectivity index (χ0v) is 14.9. The Morgan fingerprint density at radius 1 is 0.826 bits per heavy atom. The Labute approximate surface area is 139 Å². The lowest BCUT2D eigenvalue weighted by Gasteiger charge is -2.21. The Kier molecular flexibility index (Phi) is 7.33. The standard InChI is InChI=1S/C18H31N5/c1-4-5-10-23(11-6-8-17-13-19-15(2)21-17)12-7-9-18-14-20-16(3)22-18/h13-14H,4-12H2,1-3H3,(H,19,21)(H,20,22). The van der Waals surface area contributed by atoms with Crippen molar-refractivity contribution in [2.45, 2.75) is 59.3 Å². The molecule has 0 unspecified atom stereocenters. The van der Waals surface area contributed by atoms with E-state index >= 15 is 0 Å². The van der Waals surface area contributed by atoms with Gasteiger partial charge in [0.25, 0.3) is 0 Å². The van der Waals surface area contributed by atoms with Gasteiger partial charge in [0, 0.05) is 12.4 Å². The Hall–Kier alpha value is -1.62. The van der Waals surface area contributed by atoms with E-state index in [0.29, 0.717) is 0 Å². The van der Waals surface area contributed by atoms with Crippen molar-refractivity contribution in [2.24, 2.45) is 0 Å². The molecule has 2 heterocycles. The number of unbranched alkanes of at least 4 members (excludes halogenated alkanes) is 1. The van der Waals surface area contributed by atoms with Crippen LogP contribution in [0.15, 0.2) is 12.4 Å². The second-order valence-electron chi connectivity index (χ2n) is 6.36. The lowest BCUT2D eigenvalue weighted by molar-refractivity contribution is 0.262. The van der Waals surface area contributed by atoms with Crippen LogP contribution in [0.25, 0.3) is 0 Å². The molecule has 0 bridgehead atoms. The zero-order chi connectivity index (χ0) is 16.5. The van der Waals surface area contributed by atoms with Gasteiger partial charge >= 0.3 is 0 Å². The fraction of sp³-hybridized carbons (Fsp3) is 0.667. The van der Waals surface area contributed by atoms with Gasteiger partial charge in [-0.1, -0.05) is 13.3 Å². The minimum atomic E-state index is 1.01. The first-order chi connectivity index (χ1) is 11.2. The number of aromatic nitrogens is 4. The van der Waals surface area contributed by atoms with Crippen LogP contribution in [0, 0.1) is 13.8 Å². The van der Waals surface area contributed by atoms with Crippen molar-refractivity contribution in [3.05, 3.63) is 35.4 Å². The number of aromatic amines is 2. The van der Waals surface area contributed by atoms with Crippen LogP contribution >= 0.6 is 0 Å². The lowest BCUT2D eigenvalue weighted by Crippen LogP contribution is -2.28. The summed E-state index contributed by atoms with van der Waals surface area (Å²) in [6.07, 6.45) is 11.1.